The van der Waals surface area contributed by atoms with Gasteiger partial charge in [-0.1, -0.05) is 13.0 Å². The molecule has 0 heterocycles. The fraction of sp³-hybridized carbons (Fsp3) is 0.571. The van der Waals surface area contributed by atoms with Gasteiger partial charge in [-0.3, -0.25) is 0 Å². The van der Waals surface area contributed by atoms with Crippen LogP contribution in [0.4, 0.5) is 0 Å². The number of methoxy groups -OCH3 is 2. The van der Waals surface area contributed by atoms with Crippen LogP contribution in [0, 0.1) is 0 Å². The van der Waals surface area contributed by atoms with Gasteiger partial charge in [-0.15, -0.1) is 0 Å². The molecule has 1 rings (SSSR count). The summed E-state index contributed by atoms with van der Waals surface area (Å²) in [5.74, 6) is 1.55. The monoisotopic (exact) mass is 252 g/mol. The molecule has 0 aliphatic carbocycles. The average Bonchev–Trinajstić information content (AvgIpc) is 2.42. The molecule has 0 atom stereocenters. The molecule has 0 aromatic heterocycles. The summed E-state index contributed by atoms with van der Waals surface area (Å²) in [6.45, 7) is 6.09. The highest BCUT2D eigenvalue weighted by Crippen LogP contribution is 2.27. The minimum absolute atomic E-state index is 0.772. The summed E-state index contributed by atoms with van der Waals surface area (Å²) in [4.78, 5) is 0. The Morgan fingerprint density at radius 2 is 1.72 bits per heavy atom. The molecule has 0 aliphatic heterocycles. The number of hydrogen-bond acceptors (Lipinski definition) is 4. The predicted octanol–water partition coefficient (Wildman–Crippen LogP) is 1.79. The summed E-state index contributed by atoms with van der Waals surface area (Å²) < 4.78 is 10.5. The molecule has 0 bridgehead atoms. The first-order chi connectivity index (χ1) is 8.81. The van der Waals surface area contributed by atoms with E-state index in [2.05, 4.69) is 23.6 Å². The lowest BCUT2D eigenvalue weighted by molar-refractivity contribution is 0.354. The molecule has 4 nitrogen and oxygen atoms in total. The lowest BCUT2D eigenvalue weighted by Crippen LogP contribution is -2.21. The first-order valence-electron chi connectivity index (χ1n) is 6.44. The summed E-state index contributed by atoms with van der Waals surface area (Å²) in [6.07, 6.45) is 1.14. The van der Waals surface area contributed by atoms with E-state index >= 15 is 0 Å². The lowest BCUT2D eigenvalue weighted by atomic mass is 10.2. The zero-order valence-corrected chi connectivity index (χ0v) is 11.6. The smallest absolute Gasteiger partial charge is 0.161 e. The van der Waals surface area contributed by atoms with Gasteiger partial charge >= 0.3 is 0 Å². The Bertz CT molecular complexity index is 343. The standard InChI is InChI=1S/C14H24N2O2/c1-4-15-8-5-9-16-11-12-6-7-13(17-2)14(10-12)18-3/h6-7,10,15-16H,4-5,8-9,11H2,1-3H3. The zero-order valence-electron chi connectivity index (χ0n) is 11.6. The van der Waals surface area contributed by atoms with E-state index in [1.807, 2.05) is 12.1 Å². The molecule has 0 saturated heterocycles. The van der Waals surface area contributed by atoms with Gasteiger partial charge in [0.05, 0.1) is 14.2 Å². The minimum Gasteiger partial charge on any atom is -0.493 e. The van der Waals surface area contributed by atoms with Crippen LogP contribution in [-0.4, -0.2) is 33.9 Å². The molecule has 0 radical (unpaired) electrons. The topological polar surface area (TPSA) is 42.5 Å². The maximum atomic E-state index is 5.27. The second kappa shape index (κ2) is 8.78. The third kappa shape index (κ3) is 4.94. The number of hydrogen-bond donors (Lipinski definition) is 2. The number of benzene rings is 1. The quantitative estimate of drug-likeness (QED) is 0.658. The maximum absolute atomic E-state index is 5.27. The van der Waals surface area contributed by atoms with Crippen LogP contribution in [0.5, 0.6) is 11.5 Å². The first-order valence-corrected chi connectivity index (χ1v) is 6.44. The number of ether oxygens (including phenoxy) is 2. The zero-order chi connectivity index (χ0) is 13.2. The Labute approximate surface area is 110 Å². The molecule has 4 heteroatoms. The van der Waals surface area contributed by atoms with Crippen LogP contribution in [0.15, 0.2) is 18.2 Å². The van der Waals surface area contributed by atoms with E-state index in [1.165, 1.54) is 5.56 Å². The second-order valence-corrected chi connectivity index (χ2v) is 4.07. The molecule has 18 heavy (non-hydrogen) atoms. The van der Waals surface area contributed by atoms with Gasteiger partial charge in [0.15, 0.2) is 11.5 Å². The summed E-state index contributed by atoms with van der Waals surface area (Å²) >= 11 is 0. The van der Waals surface area contributed by atoms with Gasteiger partial charge in [-0.2, -0.15) is 0 Å². The molecule has 0 aliphatic rings. The van der Waals surface area contributed by atoms with Crippen molar-refractivity contribution in [1.29, 1.82) is 0 Å². The fourth-order valence-electron chi connectivity index (χ4n) is 1.74. The molecule has 102 valence electrons. The Kier molecular flexibility index (Phi) is 7.22. The summed E-state index contributed by atoms with van der Waals surface area (Å²) in [5.41, 5.74) is 1.20. The van der Waals surface area contributed by atoms with Crippen LogP contribution in [-0.2, 0) is 6.54 Å². The highest BCUT2D eigenvalue weighted by Gasteiger charge is 2.03. The van der Waals surface area contributed by atoms with E-state index in [4.69, 9.17) is 9.47 Å². The second-order valence-electron chi connectivity index (χ2n) is 4.07. The van der Waals surface area contributed by atoms with E-state index in [0.717, 1.165) is 44.1 Å². The maximum Gasteiger partial charge on any atom is 0.161 e. The molecule has 0 saturated carbocycles. The highest BCUT2D eigenvalue weighted by molar-refractivity contribution is 5.42. The van der Waals surface area contributed by atoms with Crippen molar-refractivity contribution in [3.05, 3.63) is 23.8 Å². The summed E-state index contributed by atoms with van der Waals surface area (Å²) in [6, 6.07) is 6.00. The van der Waals surface area contributed by atoms with E-state index in [1.54, 1.807) is 14.2 Å². The van der Waals surface area contributed by atoms with Crippen molar-refractivity contribution >= 4 is 0 Å². The van der Waals surface area contributed by atoms with E-state index < -0.39 is 0 Å². The van der Waals surface area contributed by atoms with Crippen molar-refractivity contribution < 1.29 is 9.47 Å². The molecule has 0 amide bonds. The number of nitrogens with one attached hydrogen (secondary N) is 2. The predicted molar refractivity (Wildman–Crippen MR) is 74.4 cm³/mol. The van der Waals surface area contributed by atoms with Gasteiger partial charge < -0.3 is 20.1 Å². The van der Waals surface area contributed by atoms with Crippen LogP contribution >= 0.6 is 0 Å². The van der Waals surface area contributed by atoms with Gasteiger partial charge in [0.1, 0.15) is 0 Å². The van der Waals surface area contributed by atoms with Crippen molar-refractivity contribution in [1.82, 2.24) is 10.6 Å². The van der Waals surface area contributed by atoms with Gasteiger partial charge in [-0.25, -0.2) is 0 Å². The Balaban J connectivity index is 2.34. The molecular weight excluding hydrogens is 228 g/mol. The first kappa shape index (κ1) is 14.8. The van der Waals surface area contributed by atoms with E-state index in [0.29, 0.717) is 0 Å². The minimum atomic E-state index is 0.772. The molecule has 0 unspecified atom stereocenters. The lowest BCUT2D eigenvalue weighted by Gasteiger charge is -2.10. The van der Waals surface area contributed by atoms with Crippen molar-refractivity contribution in [2.75, 3.05) is 33.9 Å². The largest absolute Gasteiger partial charge is 0.493 e. The summed E-state index contributed by atoms with van der Waals surface area (Å²) in [5, 5.41) is 6.72. The van der Waals surface area contributed by atoms with Crippen LogP contribution in [0.3, 0.4) is 0 Å². The van der Waals surface area contributed by atoms with E-state index in [9.17, 15) is 0 Å². The molecule has 1 aromatic rings. The molecule has 1 aromatic carbocycles. The highest BCUT2D eigenvalue weighted by atomic mass is 16.5. The molecule has 0 spiro atoms. The average molecular weight is 252 g/mol. The fourth-order valence-corrected chi connectivity index (χ4v) is 1.74. The van der Waals surface area contributed by atoms with Crippen molar-refractivity contribution in [3.63, 3.8) is 0 Å². The van der Waals surface area contributed by atoms with Crippen molar-refractivity contribution in [2.24, 2.45) is 0 Å². The molecule has 0 fully saturated rings. The Morgan fingerprint density at radius 1 is 1.00 bits per heavy atom. The van der Waals surface area contributed by atoms with Gasteiger partial charge in [0.25, 0.3) is 0 Å². The third-order valence-corrected chi connectivity index (χ3v) is 2.73. The normalized spacial score (nSPS) is 10.4. The van der Waals surface area contributed by atoms with Gasteiger partial charge in [-0.05, 0) is 43.8 Å². The van der Waals surface area contributed by atoms with Crippen LogP contribution in [0.2, 0.25) is 0 Å². The van der Waals surface area contributed by atoms with E-state index in [-0.39, 0.29) is 0 Å². The van der Waals surface area contributed by atoms with Gasteiger partial charge in [0, 0.05) is 6.54 Å². The summed E-state index contributed by atoms with van der Waals surface area (Å²) in [7, 11) is 3.31. The van der Waals surface area contributed by atoms with Crippen molar-refractivity contribution in [2.45, 2.75) is 19.9 Å². The van der Waals surface area contributed by atoms with Gasteiger partial charge in [0.2, 0.25) is 0 Å². The number of rotatable bonds is 9. The third-order valence-electron chi connectivity index (χ3n) is 2.73. The Morgan fingerprint density at radius 3 is 2.39 bits per heavy atom. The SMILES string of the molecule is CCNCCCNCc1ccc(OC)c(OC)c1. The van der Waals surface area contributed by atoms with Crippen molar-refractivity contribution in [3.8, 4) is 11.5 Å². The van der Waals surface area contributed by atoms with Crippen LogP contribution in [0.1, 0.15) is 18.9 Å². The van der Waals surface area contributed by atoms with Crippen LogP contribution in [0.25, 0.3) is 0 Å². The van der Waals surface area contributed by atoms with Crippen LogP contribution < -0.4 is 20.1 Å². The Hall–Kier alpha value is -1.26. The molecular formula is C14H24N2O2. The molecule has 2 N–H and O–H groups in total.